The van der Waals surface area contributed by atoms with Crippen molar-refractivity contribution < 1.29 is 0 Å². The standard InChI is InChI=1S/C15H15ClN2/c1-10-8-14(18-15(16)17-10)13-7-6-11-4-2-3-5-12(11)9-13/h6-9H,2-5H2,1H3. The third-order valence-corrected chi connectivity index (χ3v) is 3.64. The van der Waals surface area contributed by atoms with Gasteiger partial charge in [0.2, 0.25) is 5.28 Å². The number of fused-ring (bicyclic) bond motifs is 1. The zero-order chi connectivity index (χ0) is 12.5. The van der Waals surface area contributed by atoms with Crippen molar-refractivity contribution in [2.24, 2.45) is 0 Å². The molecule has 1 heterocycles. The second kappa shape index (κ2) is 4.69. The van der Waals surface area contributed by atoms with Gasteiger partial charge in [0, 0.05) is 11.3 Å². The van der Waals surface area contributed by atoms with Crippen LogP contribution < -0.4 is 0 Å². The molecule has 2 aromatic rings. The summed E-state index contributed by atoms with van der Waals surface area (Å²) in [4.78, 5) is 8.41. The minimum atomic E-state index is 0.322. The molecule has 1 aliphatic rings. The fourth-order valence-electron chi connectivity index (χ4n) is 2.57. The first-order valence-corrected chi connectivity index (χ1v) is 6.73. The molecule has 1 aromatic heterocycles. The van der Waals surface area contributed by atoms with E-state index >= 15 is 0 Å². The molecule has 0 unspecified atom stereocenters. The second-order valence-electron chi connectivity index (χ2n) is 4.85. The van der Waals surface area contributed by atoms with Crippen LogP contribution in [0.25, 0.3) is 11.3 Å². The molecule has 2 nitrogen and oxygen atoms in total. The Bertz CT molecular complexity index is 573. The molecule has 0 aliphatic heterocycles. The molecule has 0 atom stereocenters. The molecule has 0 N–H and O–H groups in total. The topological polar surface area (TPSA) is 25.8 Å². The predicted octanol–water partition coefficient (Wildman–Crippen LogP) is 3.98. The van der Waals surface area contributed by atoms with Gasteiger partial charge in [0.25, 0.3) is 0 Å². The largest absolute Gasteiger partial charge is 0.223 e. The van der Waals surface area contributed by atoms with Crippen LogP contribution in [0.3, 0.4) is 0 Å². The number of aromatic nitrogens is 2. The summed E-state index contributed by atoms with van der Waals surface area (Å²) in [5, 5.41) is 0.322. The first kappa shape index (κ1) is 11.7. The zero-order valence-electron chi connectivity index (χ0n) is 10.4. The smallest absolute Gasteiger partial charge is 0.223 e. The van der Waals surface area contributed by atoms with E-state index in [1.54, 1.807) is 0 Å². The van der Waals surface area contributed by atoms with E-state index in [4.69, 9.17) is 11.6 Å². The van der Waals surface area contributed by atoms with E-state index < -0.39 is 0 Å². The highest BCUT2D eigenvalue weighted by Crippen LogP contribution is 2.27. The first-order chi connectivity index (χ1) is 8.72. The lowest BCUT2D eigenvalue weighted by atomic mass is 9.90. The number of hydrogen-bond donors (Lipinski definition) is 0. The van der Waals surface area contributed by atoms with E-state index in [0.717, 1.165) is 17.0 Å². The van der Waals surface area contributed by atoms with Crippen molar-refractivity contribution >= 4 is 11.6 Å². The summed E-state index contributed by atoms with van der Waals surface area (Å²) in [6.45, 7) is 1.94. The van der Waals surface area contributed by atoms with E-state index in [1.807, 2.05) is 13.0 Å². The molecule has 0 saturated heterocycles. The average Bonchev–Trinajstić information content (AvgIpc) is 2.37. The van der Waals surface area contributed by atoms with Gasteiger partial charge < -0.3 is 0 Å². The molecular weight excluding hydrogens is 244 g/mol. The highest BCUT2D eigenvalue weighted by molar-refractivity contribution is 6.28. The van der Waals surface area contributed by atoms with Crippen LogP contribution in [0.15, 0.2) is 24.3 Å². The summed E-state index contributed by atoms with van der Waals surface area (Å²) < 4.78 is 0. The molecule has 1 aromatic carbocycles. The number of aryl methyl sites for hydroxylation is 3. The highest BCUT2D eigenvalue weighted by Gasteiger charge is 2.11. The number of nitrogens with zero attached hydrogens (tertiary/aromatic N) is 2. The van der Waals surface area contributed by atoms with Crippen LogP contribution in [0.1, 0.15) is 29.7 Å². The quantitative estimate of drug-likeness (QED) is 0.723. The molecule has 92 valence electrons. The second-order valence-corrected chi connectivity index (χ2v) is 5.19. The van der Waals surface area contributed by atoms with Crippen LogP contribution >= 0.6 is 11.6 Å². The Morgan fingerprint density at radius 1 is 1.00 bits per heavy atom. The Morgan fingerprint density at radius 3 is 2.56 bits per heavy atom. The van der Waals surface area contributed by atoms with Crippen LogP contribution in [0, 0.1) is 6.92 Å². The van der Waals surface area contributed by atoms with Crippen molar-refractivity contribution in [1.29, 1.82) is 0 Å². The van der Waals surface area contributed by atoms with E-state index in [9.17, 15) is 0 Å². The fraction of sp³-hybridized carbons (Fsp3) is 0.333. The van der Waals surface area contributed by atoms with Gasteiger partial charge in [-0.15, -0.1) is 0 Å². The minimum absolute atomic E-state index is 0.322. The maximum atomic E-state index is 5.92. The summed E-state index contributed by atoms with van der Waals surface area (Å²) in [7, 11) is 0. The van der Waals surface area contributed by atoms with E-state index in [-0.39, 0.29) is 0 Å². The van der Waals surface area contributed by atoms with Crippen molar-refractivity contribution in [3.8, 4) is 11.3 Å². The predicted molar refractivity (Wildman–Crippen MR) is 73.9 cm³/mol. The number of benzene rings is 1. The maximum Gasteiger partial charge on any atom is 0.223 e. The highest BCUT2D eigenvalue weighted by atomic mass is 35.5. The van der Waals surface area contributed by atoms with Gasteiger partial charge in [-0.1, -0.05) is 12.1 Å². The van der Waals surface area contributed by atoms with Crippen LogP contribution in [-0.4, -0.2) is 9.97 Å². The van der Waals surface area contributed by atoms with Crippen LogP contribution in [-0.2, 0) is 12.8 Å². The molecule has 0 bridgehead atoms. The Labute approximate surface area is 112 Å². The van der Waals surface area contributed by atoms with Crippen LogP contribution in [0.2, 0.25) is 5.28 Å². The molecule has 1 aliphatic carbocycles. The third-order valence-electron chi connectivity index (χ3n) is 3.47. The Balaban J connectivity index is 2.06. The van der Waals surface area contributed by atoms with Gasteiger partial charge >= 0.3 is 0 Å². The lowest BCUT2D eigenvalue weighted by molar-refractivity contribution is 0.686. The van der Waals surface area contributed by atoms with Gasteiger partial charge in [0.05, 0.1) is 5.69 Å². The Hall–Kier alpha value is -1.41. The van der Waals surface area contributed by atoms with Crippen molar-refractivity contribution in [3.05, 3.63) is 46.4 Å². The van der Waals surface area contributed by atoms with Gasteiger partial charge in [-0.05, 0) is 67.5 Å². The van der Waals surface area contributed by atoms with Gasteiger partial charge in [-0.3, -0.25) is 0 Å². The average molecular weight is 259 g/mol. The third kappa shape index (κ3) is 2.25. The maximum absolute atomic E-state index is 5.92. The van der Waals surface area contributed by atoms with E-state index in [2.05, 4.69) is 28.2 Å². The van der Waals surface area contributed by atoms with Crippen LogP contribution in [0.5, 0.6) is 0 Å². The van der Waals surface area contributed by atoms with Crippen LogP contribution in [0.4, 0.5) is 0 Å². The zero-order valence-corrected chi connectivity index (χ0v) is 11.2. The molecule has 0 saturated carbocycles. The van der Waals surface area contributed by atoms with Crippen molar-refractivity contribution in [2.75, 3.05) is 0 Å². The molecule has 3 rings (SSSR count). The lowest BCUT2D eigenvalue weighted by Gasteiger charge is -2.16. The SMILES string of the molecule is Cc1cc(-c2ccc3c(c2)CCCC3)nc(Cl)n1. The molecule has 0 radical (unpaired) electrons. The molecule has 0 amide bonds. The van der Waals surface area contributed by atoms with E-state index in [1.165, 1.54) is 36.8 Å². The van der Waals surface area contributed by atoms with Crippen molar-refractivity contribution in [2.45, 2.75) is 32.6 Å². The van der Waals surface area contributed by atoms with Gasteiger partial charge in [-0.2, -0.15) is 0 Å². The Kier molecular flexibility index (Phi) is 3.04. The summed E-state index contributed by atoms with van der Waals surface area (Å²) >= 11 is 5.92. The van der Waals surface area contributed by atoms with Gasteiger partial charge in [0.15, 0.2) is 0 Å². The van der Waals surface area contributed by atoms with Gasteiger partial charge in [0.1, 0.15) is 0 Å². The minimum Gasteiger partial charge on any atom is -0.223 e. The molecule has 18 heavy (non-hydrogen) atoms. The monoisotopic (exact) mass is 258 g/mol. The molecule has 0 fully saturated rings. The molecule has 3 heteroatoms. The first-order valence-electron chi connectivity index (χ1n) is 6.36. The van der Waals surface area contributed by atoms with Crippen molar-refractivity contribution in [1.82, 2.24) is 9.97 Å². The lowest BCUT2D eigenvalue weighted by Crippen LogP contribution is -2.02. The van der Waals surface area contributed by atoms with Crippen molar-refractivity contribution in [3.63, 3.8) is 0 Å². The summed E-state index contributed by atoms with van der Waals surface area (Å²) in [6.07, 6.45) is 4.99. The van der Waals surface area contributed by atoms with Gasteiger partial charge in [-0.25, -0.2) is 9.97 Å². The number of hydrogen-bond acceptors (Lipinski definition) is 2. The Morgan fingerprint density at radius 2 is 1.78 bits per heavy atom. The fourth-order valence-corrected chi connectivity index (χ4v) is 2.80. The summed E-state index contributed by atoms with van der Waals surface area (Å²) in [5.41, 5.74) is 5.92. The normalized spacial score (nSPS) is 14.3. The van der Waals surface area contributed by atoms with E-state index in [0.29, 0.717) is 5.28 Å². The number of rotatable bonds is 1. The summed E-state index contributed by atoms with van der Waals surface area (Å²) in [6, 6.07) is 8.61. The molecule has 0 spiro atoms. The summed E-state index contributed by atoms with van der Waals surface area (Å²) in [5.74, 6) is 0. The molecular formula is C15H15ClN2. The number of halogens is 1.